The van der Waals surface area contributed by atoms with Crippen LogP contribution in [0, 0.1) is 0 Å². The minimum Gasteiger partial charge on any atom is -0.492 e. The number of nitrogens with one attached hydrogen (secondary N) is 2. The van der Waals surface area contributed by atoms with E-state index in [0.29, 0.717) is 25.7 Å². The van der Waals surface area contributed by atoms with Gasteiger partial charge in [-0.25, -0.2) is 0 Å². The Bertz CT molecular complexity index is 405. The Morgan fingerprint density at radius 3 is 2.95 bits per heavy atom. The first-order valence-electron chi connectivity index (χ1n) is 7.11. The molecule has 0 radical (unpaired) electrons. The van der Waals surface area contributed by atoms with E-state index in [2.05, 4.69) is 15.5 Å². The van der Waals surface area contributed by atoms with E-state index in [9.17, 15) is 4.79 Å². The highest BCUT2D eigenvalue weighted by molar-refractivity contribution is 5.78. The molecule has 1 aliphatic rings. The molecule has 0 aromatic heterocycles. The molecule has 1 saturated heterocycles. The van der Waals surface area contributed by atoms with Crippen LogP contribution in [0.1, 0.15) is 6.42 Å². The summed E-state index contributed by atoms with van der Waals surface area (Å²) in [6.07, 6.45) is 1.11. The van der Waals surface area contributed by atoms with Crippen LogP contribution < -0.4 is 15.4 Å². The predicted molar refractivity (Wildman–Crippen MR) is 78.9 cm³/mol. The van der Waals surface area contributed by atoms with Gasteiger partial charge < -0.3 is 15.4 Å². The van der Waals surface area contributed by atoms with Gasteiger partial charge in [0.2, 0.25) is 5.91 Å². The molecule has 1 fully saturated rings. The van der Waals surface area contributed by atoms with Crippen molar-refractivity contribution in [1.29, 1.82) is 0 Å². The molecule has 0 aliphatic carbocycles. The molecule has 1 aromatic rings. The first-order valence-corrected chi connectivity index (χ1v) is 7.11. The summed E-state index contributed by atoms with van der Waals surface area (Å²) in [4.78, 5) is 13.9. The normalized spacial score (nSPS) is 18.2. The van der Waals surface area contributed by atoms with Crippen molar-refractivity contribution in [2.45, 2.75) is 12.5 Å². The van der Waals surface area contributed by atoms with E-state index in [-0.39, 0.29) is 5.91 Å². The van der Waals surface area contributed by atoms with Gasteiger partial charge >= 0.3 is 0 Å². The number of rotatable bonds is 7. The molecule has 1 heterocycles. The summed E-state index contributed by atoms with van der Waals surface area (Å²) in [5, 5.41) is 6.18. The van der Waals surface area contributed by atoms with Crippen molar-refractivity contribution in [3.8, 4) is 5.75 Å². The monoisotopic (exact) mass is 277 g/mol. The van der Waals surface area contributed by atoms with Crippen molar-refractivity contribution in [2.24, 2.45) is 0 Å². The molecule has 1 aromatic carbocycles. The quantitative estimate of drug-likeness (QED) is 0.712. The third-order valence-electron chi connectivity index (χ3n) is 3.49. The van der Waals surface area contributed by atoms with E-state index >= 15 is 0 Å². The Hall–Kier alpha value is -1.59. The molecule has 0 saturated carbocycles. The van der Waals surface area contributed by atoms with E-state index in [1.54, 1.807) is 0 Å². The van der Waals surface area contributed by atoms with Crippen molar-refractivity contribution in [1.82, 2.24) is 15.5 Å². The number of ether oxygens (including phenoxy) is 1. The van der Waals surface area contributed by atoms with Crippen LogP contribution in [0.15, 0.2) is 30.3 Å². The second kappa shape index (κ2) is 7.87. The van der Waals surface area contributed by atoms with Gasteiger partial charge in [0, 0.05) is 12.6 Å². The van der Waals surface area contributed by atoms with Crippen LogP contribution in [-0.2, 0) is 4.79 Å². The standard InChI is InChI=1S/C15H23N3O2/c1-18(13-7-8-16-11-13)12-15(19)17-9-10-20-14-5-3-2-4-6-14/h2-6,13,16H,7-12H2,1H3,(H,17,19). The molecule has 2 rings (SSSR count). The topological polar surface area (TPSA) is 53.6 Å². The predicted octanol–water partition coefficient (Wildman–Crippen LogP) is 0.475. The van der Waals surface area contributed by atoms with Crippen LogP contribution >= 0.6 is 0 Å². The van der Waals surface area contributed by atoms with Gasteiger partial charge in [0.05, 0.1) is 13.1 Å². The SMILES string of the molecule is CN(CC(=O)NCCOc1ccccc1)C1CCNC1. The molecule has 0 bridgehead atoms. The molecule has 20 heavy (non-hydrogen) atoms. The number of benzene rings is 1. The van der Waals surface area contributed by atoms with E-state index < -0.39 is 0 Å². The Labute approximate surface area is 120 Å². The van der Waals surface area contributed by atoms with Crippen LogP contribution in [0.25, 0.3) is 0 Å². The average Bonchev–Trinajstić information content (AvgIpc) is 2.99. The van der Waals surface area contributed by atoms with E-state index in [1.165, 1.54) is 0 Å². The molecule has 1 unspecified atom stereocenters. The van der Waals surface area contributed by atoms with Gasteiger partial charge in [-0.15, -0.1) is 0 Å². The first kappa shape index (κ1) is 14.8. The number of likely N-dealkylation sites (N-methyl/N-ethyl adjacent to an activating group) is 1. The fourth-order valence-corrected chi connectivity index (χ4v) is 2.30. The summed E-state index contributed by atoms with van der Waals surface area (Å²) in [7, 11) is 2.00. The smallest absolute Gasteiger partial charge is 0.234 e. The lowest BCUT2D eigenvalue weighted by Crippen LogP contribution is -2.42. The number of nitrogens with zero attached hydrogens (tertiary/aromatic N) is 1. The fraction of sp³-hybridized carbons (Fsp3) is 0.533. The number of amides is 1. The Morgan fingerprint density at radius 1 is 1.45 bits per heavy atom. The molecular formula is C15H23N3O2. The van der Waals surface area contributed by atoms with Gasteiger partial charge in [-0.2, -0.15) is 0 Å². The molecule has 2 N–H and O–H groups in total. The van der Waals surface area contributed by atoms with Gasteiger partial charge in [0.1, 0.15) is 12.4 Å². The van der Waals surface area contributed by atoms with Crippen LogP contribution in [0.3, 0.4) is 0 Å². The second-order valence-corrected chi connectivity index (χ2v) is 5.07. The van der Waals surface area contributed by atoms with Crippen molar-refractivity contribution < 1.29 is 9.53 Å². The molecule has 0 spiro atoms. The second-order valence-electron chi connectivity index (χ2n) is 5.07. The zero-order valence-electron chi connectivity index (χ0n) is 12.0. The van der Waals surface area contributed by atoms with Crippen LogP contribution in [-0.4, -0.2) is 56.7 Å². The summed E-state index contributed by atoms with van der Waals surface area (Å²) < 4.78 is 5.52. The summed E-state index contributed by atoms with van der Waals surface area (Å²) in [5.41, 5.74) is 0. The highest BCUT2D eigenvalue weighted by Crippen LogP contribution is 2.07. The van der Waals surface area contributed by atoms with Gasteiger partial charge in [-0.3, -0.25) is 9.69 Å². The number of carbonyl (C=O) groups excluding carboxylic acids is 1. The summed E-state index contributed by atoms with van der Waals surface area (Å²) in [6.45, 7) is 3.48. The van der Waals surface area contributed by atoms with Crippen LogP contribution in [0.4, 0.5) is 0 Å². The minimum absolute atomic E-state index is 0.0519. The highest BCUT2D eigenvalue weighted by Gasteiger charge is 2.20. The van der Waals surface area contributed by atoms with E-state index in [0.717, 1.165) is 25.3 Å². The molecule has 1 atom stereocenters. The third-order valence-corrected chi connectivity index (χ3v) is 3.49. The van der Waals surface area contributed by atoms with Gasteiger partial charge in [-0.1, -0.05) is 18.2 Å². The summed E-state index contributed by atoms with van der Waals surface area (Å²) >= 11 is 0. The minimum atomic E-state index is 0.0519. The average molecular weight is 277 g/mol. The maximum absolute atomic E-state index is 11.8. The summed E-state index contributed by atoms with van der Waals surface area (Å²) in [5.74, 6) is 0.881. The Balaban J connectivity index is 1.58. The lowest BCUT2D eigenvalue weighted by atomic mass is 10.2. The Kier molecular flexibility index (Phi) is 5.83. The van der Waals surface area contributed by atoms with Crippen LogP contribution in [0.5, 0.6) is 5.75 Å². The number of hydrogen-bond donors (Lipinski definition) is 2. The number of para-hydroxylation sites is 1. The largest absolute Gasteiger partial charge is 0.492 e. The van der Waals surface area contributed by atoms with Gasteiger partial charge in [-0.05, 0) is 32.1 Å². The molecule has 1 aliphatic heterocycles. The van der Waals surface area contributed by atoms with E-state index in [4.69, 9.17) is 4.74 Å². The maximum atomic E-state index is 11.8. The summed E-state index contributed by atoms with van der Waals surface area (Å²) in [6, 6.07) is 10.1. The lowest BCUT2D eigenvalue weighted by Gasteiger charge is -2.22. The van der Waals surface area contributed by atoms with Crippen molar-refractivity contribution >= 4 is 5.91 Å². The van der Waals surface area contributed by atoms with Gasteiger partial charge in [0.15, 0.2) is 0 Å². The third kappa shape index (κ3) is 4.83. The lowest BCUT2D eigenvalue weighted by molar-refractivity contribution is -0.122. The first-order chi connectivity index (χ1) is 9.75. The van der Waals surface area contributed by atoms with Crippen molar-refractivity contribution in [2.75, 3.05) is 39.8 Å². The zero-order valence-corrected chi connectivity index (χ0v) is 12.0. The highest BCUT2D eigenvalue weighted by atomic mass is 16.5. The molecule has 1 amide bonds. The number of carbonyl (C=O) groups is 1. The fourth-order valence-electron chi connectivity index (χ4n) is 2.30. The van der Waals surface area contributed by atoms with Gasteiger partial charge in [0.25, 0.3) is 0 Å². The zero-order chi connectivity index (χ0) is 14.2. The molecule has 5 nitrogen and oxygen atoms in total. The molecule has 5 heteroatoms. The molecule has 110 valence electrons. The number of hydrogen-bond acceptors (Lipinski definition) is 4. The maximum Gasteiger partial charge on any atom is 0.234 e. The van der Waals surface area contributed by atoms with Crippen molar-refractivity contribution in [3.05, 3.63) is 30.3 Å². The molecular weight excluding hydrogens is 254 g/mol. The van der Waals surface area contributed by atoms with Crippen LogP contribution in [0.2, 0.25) is 0 Å². The van der Waals surface area contributed by atoms with Crippen molar-refractivity contribution in [3.63, 3.8) is 0 Å². The van der Waals surface area contributed by atoms with E-state index in [1.807, 2.05) is 37.4 Å². The Morgan fingerprint density at radius 2 is 2.25 bits per heavy atom.